The van der Waals surface area contributed by atoms with Crippen LogP contribution < -0.4 is 0 Å². The number of carbonyl (C=O) groups excluding carboxylic acids is 2. The minimum absolute atomic E-state index is 0.0104. The first kappa shape index (κ1) is 17.2. The molecule has 1 rings (SSSR count). The van der Waals surface area contributed by atoms with Crippen LogP contribution in [0.3, 0.4) is 0 Å². The molecule has 0 radical (unpaired) electrons. The standard InChI is InChI=1S/C12H23N2O5S/c1-4-18-20(19-5-2)8-6-7-13-9-11(15)14(10-17-3)12(13)16/h4-10H2,1-3H3/q+1. The third kappa shape index (κ3) is 4.93. The molecule has 3 amide bonds. The molecule has 7 nitrogen and oxygen atoms in total. The van der Waals surface area contributed by atoms with Gasteiger partial charge >= 0.3 is 17.5 Å². The summed E-state index contributed by atoms with van der Waals surface area (Å²) in [4.78, 5) is 26.2. The fourth-order valence-electron chi connectivity index (χ4n) is 1.81. The summed E-state index contributed by atoms with van der Waals surface area (Å²) in [5.41, 5.74) is 0. The van der Waals surface area contributed by atoms with Crippen molar-refractivity contribution in [2.45, 2.75) is 20.3 Å². The molecular formula is C12H23N2O5S+. The van der Waals surface area contributed by atoms with Crippen molar-refractivity contribution >= 4 is 23.4 Å². The molecule has 8 heteroatoms. The number of amides is 3. The lowest BCUT2D eigenvalue weighted by Gasteiger charge is -2.15. The molecule has 0 unspecified atom stereocenters. The highest BCUT2D eigenvalue weighted by molar-refractivity contribution is 7.87. The van der Waals surface area contributed by atoms with Gasteiger partial charge in [-0.05, 0) is 13.8 Å². The number of carbonyl (C=O) groups is 2. The third-order valence-corrected chi connectivity index (χ3v) is 4.24. The molecule has 0 bridgehead atoms. The molecule has 1 saturated heterocycles. The molecule has 20 heavy (non-hydrogen) atoms. The second kappa shape index (κ2) is 9.17. The number of urea groups is 1. The fraction of sp³-hybridized carbons (Fsp3) is 0.833. The predicted octanol–water partition coefficient (Wildman–Crippen LogP) is 0.766. The van der Waals surface area contributed by atoms with Gasteiger partial charge in [-0.25, -0.2) is 9.69 Å². The van der Waals surface area contributed by atoms with Gasteiger partial charge in [-0.1, -0.05) is 0 Å². The molecule has 0 aliphatic carbocycles. The maximum Gasteiger partial charge on any atom is 0.329 e. The van der Waals surface area contributed by atoms with Crippen molar-refractivity contribution in [3.8, 4) is 0 Å². The molecular weight excluding hydrogens is 284 g/mol. The average molecular weight is 307 g/mol. The molecule has 0 aromatic carbocycles. The van der Waals surface area contributed by atoms with E-state index in [1.54, 1.807) is 0 Å². The Morgan fingerprint density at radius 3 is 2.40 bits per heavy atom. The van der Waals surface area contributed by atoms with Crippen molar-refractivity contribution in [1.29, 1.82) is 0 Å². The Balaban J connectivity index is 2.34. The summed E-state index contributed by atoms with van der Waals surface area (Å²) >= 11 is -0.518. The highest BCUT2D eigenvalue weighted by Gasteiger charge is 2.36. The van der Waals surface area contributed by atoms with Crippen LogP contribution in [0.15, 0.2) is 0 Å². The van der Waals surface area contributed by atoms with Crippen LogP contribution in [0.1, 0.15) is 20.3 Å². The zero-order valence-corrected chi connectivity index (χ0v) is 13.1. The molecule has 1 aliphatic rings. The number of rotatable bonds is 10. The van der Waals surface area contributed by atoms with E-state index >= 15 is 0 Å². The van der Waals surface area contributed by atoms with Gasteiger partial charge in [0.15, 0.2) is 5.75 Å². The van der Waals surface area contributed by atoms with E-state index in [1.165, 1.54) is 12.0 Å². The van der Waals surface area contributed by atoms with Crippen LogP contribution in [0.5, 0.6) is 0 Å². The van der Waals surface area contributed by atoms with E-state index in [1.807, 2.05) is 13.8 Å². The molecule has 1 heterocycles. The van der Waals surface area contributed by atoms with Crippen LogP contribution in [0, 0.1) is 0 Å². The van der Waals surface area contributed by atoms with Gasteiger partial charge in [-0.3, -0.25) is 4.79 Å². The van der Waals surface area contributed by atoms with Crippen LogP contribution in [0.4, 0.5) is 4.79 Å². The van der Waals surface area contributed by atoms with E-state index in [0.717, 1.165) is 17.1 Å². The van der Waals surface area contributed by atoms with E-state index in [9.17, 15) is 9.59 Å². The summed E-state index contributed by atoms with van der Waals surface area (Å²) in [6.07, 6.45) is 0.739. The van der Waals surface area contributed by atoms with Crippen LogP contribution in [0.25, 0.3) is 0 Å². The van der Waals surface area contributed by atoms with E-state index in [2.05, 4.69) is 0 Å². The van der Waals surface area contributed by atoms with Crippen LogP contribution in [-0.2, 0) is 29.4 Å². The van der Waals surface area contributed by atoms with Gasteiger partial charge in [0.2, 0.25) is 0 Å². The fourth-order valence-corrected chi connectivity index (χ4v) is 3.01. The lowest BCUT2D eigenvalue weighted by Crippen LogP contribution is -2.35. The molecule has 0 spiro atoms. The van der Waals surface area contributed by atoms with E-state index in [0.29, 0.717) is 19.8 Å². The largest absolute Gasteiger partial charge is 0.364 e. The Hall–Kier alpha value is -0.830. The summed E-state index contributed by atoms with van der Waals surface area (Å²) in [7, 11) is 1.46. The third-order valence-electron chi connectivity index (χ3n) is 2.62. The van der Waals surface area contributed by atoms with Crippen molar-refractivity contribution in [2.24, 2.45) is 0 Å². The maximum atomic E-state index is 11.9. The van der Waals surface area contributed by atoms with Gasteiger partial charge in [-0.15, -0.1) is 8.37 Å². The summed E-state index contributed by atoms with van der Waals surface area (Å²) in [6.45, 7) is 5.70. The van der Waals surface area contributed by atoms with Crippen molar-refractivity contribution in [1.82, 2.24) is 9.80 Å². The zero-order valence-electron chi connectivity index (χ0n) is 12.3. The second-order valence-electron chi connectivity index (χ2n) is 4.12. The minimum Gasteiger partial charge on any atom is -0.364 e. The van der Waals surface area contributed by atoms with Crippen LogP contribution >= 0.6 is 0 Å². The lowest BCUT2D eigenvalue weighted by molar-refractivity contribution is -0.128. The Morgan fingerprint density at radius 1 is 1.20 bits per heavy atom. The quantitative estimate of drug-likeness (QED) is 0.440. The molecule has 1 aliphatic heterocycles. The monoisotopic (exact) mass is 307 g/mol. The first-order chi connectivity index (χ1) is 9.63. The van der Waals surface area contributed by atoms with Crippen molar-refractivity contribution in [3.05, 3.63) is 0 Å². The molecule has 0 N–H and O–H groups in total. The van der Waals surface area contributed by atoms with Crippen LogP contribution in [0.2, 0.25) is 0 Å². The molecule has 116 valence electrons. The molecule has 0 saturated carbocycles. The average Bonchev–Trinajstić information content (AvgIpc) is 2.67. The van der Waals surface area contributed by atoms with Gasteiger partial charge in [0.05, 0.1) is 0 Å². The Morgan fingerprint density at radius 2 is 1.85 bits per heavy atom. The predicted molar refractivity (Wildman–Crippen MR) is 75.8 cm³/mol. The zero-order chi connectivity index (χ0) is 15.0. The number of nitrogens with zero attached hydrogens (tertiary/aromatic N) is 2. The van der Waals surface area contributed by atoms with Gasteiger partial charge in [0.25, 0.3) is 5.91 Å². The first-order valence-corrected chi connectivity index (χ1v) is 7.94. The highest BCUT2D eigenvalue weighted by Crippen LogP contribution is 2.12. The topological polar surface area (TPSA) is 68.3 Å². The Labute approximate surface area is 122 Å². The molecule has 0 aromatic heterocycles. The summed E-state index contributed by atoms with van der Waals surface area (Å²) in [5.74, 6) is 0.509. The van der Waals surface area contributed by atoms with E-state index in [4.69, 9.17) is 13.1 Å². The van der Waals surface area contributed by atoms with E-state index in [-0.39, 0.29) is 25.2 Å². The number of hydrogen-bond acceptors (Lipinski definition) is 5. The van der Waals surface area contributed by atoms with Crippen molar-refractivity contribution in [2.75, 3.05) is 45.9 Å². The lowest BCUT2D eigenvalue weighted by atomic mass is 10.4. The van der Waals surface area contributed by atoms with Crippen molar-refractivity contribution in [3.63, 3.8) is 0 Å². The first-order valence-electron chi connectivity index (χ1n) is 6.69. The van der Waals surface area contributed by atoms with Gasteiger partial charge < -0.3 is 9.64 Å². The normalized spacial score (nSPS) is 15.8. The Bertz CT molecular complexity index is 323. The smallest absolute Gasteiger partial charge is 0.329 e. The van der Waals surface area contributed by atoms with Gasteiger partial charge in [0.1, 0.15) is 26.5 Å². The molecule has 1 fully saturated rings. The summed E-state index contributed by atoms with van der Waals surface area (Å²) < 4.78 is 15.8. The van der Waals surface area contributed by atoms with Gasteiger partial charge in [-0.2, -0.15) is 0 Å². The minimum atomic E-state index is -0.518. The SMILES string of the molecule is CCO[S+](CCCN1CC(=O)N(COC)C1=O)OCC. The van der Waals surface area contributed by atoms with Gasteiger partial charge in [0, 0.05) is 20.1 Å². The maximum absolute atomic E-state index is 11.9. The van der Waals surface area contributed by atoms with Crippen LogP contribution in [-0.4, -0.2) is 67.6 Å². The second-order valence-corrected chi connectivity index (χ2v) is 5.61. The molecule has 0 atom stereocenters. The number of imide groups is 1. The van der Waals surface area contributed by atoms with E-state index < -0.39 is 11.5 Å². The number of ether oxygens (including phenoxy) is 1. The summed E-state index contributed by atoms with van der Waals surface area (Å²) in [5, 5.41) is 0. The number of hydrogen-bond donors (Lipinski definition) is 0. The Kier molecular flexibility index (Phi) is 7.90. The molecule has 0 aromatic rings. The van der Waals surface area contributed by atoms with Crippen molar-refractivity contribution < 1.29 is 22.7 Å². The summed E-state index contributed by atoms with van der Waals surface area (Å²) in [6, 6.07) is -0.287. The number of methoxy groups -OCH3 is 1. The highest BCUT2D eigenvalue weighted by atomic mass is 32.2.